The summed E-state index contributed by atoms with van der Waals surface area (Å²) in [6.07, 6.45) is 1.21. The number of para-hydroxylation sites is 1. The zero-order valence-electron chi connectivity index (χ0n) is 12.1. The first-order valence-electron chi connectivity index (χ1n) is 6.85. The maximum Gasteiger partial charge on any atom is 0.261 e. The number of aromatic amines is 1. The van der Waals surface area contributed by atoms with Crippen LogP contribution in [0.25, 0.3) is 10.9 Å². The topological polar surface area (TPSA) is 62.0 Å². The number of H-pyrrole nitrogens is 1. The fourth-order valence-corrected chi connectivity index (χ4v) is 2.49. The van der Waals surface area contributed by atoms with Crippen molar-refractivity contribution in [3.05, 3.63) is 74.8 Å². The van der Waals surface area contributed by atoms with Gasteiger partial charge in [0.1, 0.15) is 11.4 Å². The number of pyridine rings is 1. The molecule has 4 nitrogen and oxygen atoms in total. The highest BCUT2D eigenvalue weighted by Gasteiger charge is 2.15. The second-order valence-corrected chi connectivity index (χ2v) is 5.47. The first-order chi connectivity index (χ1) is 11.0. The molecule has 0 spiro atoms. The molecule has 0 radical (unpaired) electrons. The Morgan fingerprint density at radius 3 is 2.74 bits per heavy atom. The van der Waals surface area contributed by atoms with Crippen LogP contribution in [0.3, 0.4) is 0 Å². The molecule has 6 heteroatoms. The van der Waals surface area contributed by atoms with Crippen molar-refractivity contribution in [3.8, 4) is 0 Å². The molecule has 1 heterocycles. The van der Waals surface area contributed by atoms with Gasteiger partial charge >= 0.3 is 0 Å². The zero-order chi connectivity index (χ0) is 16.6. The summed E-state index contributed by atoms with van der Waals surface area (Å²) >= 11 is 6.01. The molecule has 0 saturated carbocycles. The van der Waals surface area contributed by atoms with E-state index < -0.39 is 17.2 Å². The van der Waals surface area contributed by atoms with Gasteiger partial charge in [-0.05, 0) is 36.8 Å². The van der Waals surface area contributed by atoms with Gasteiger partial charge in [0.25, 0.3) is 5.91 Å². The summed E-state index contributed by atoms with van der Waals surface area (Å²) in [6.45, 7) is 1.76. The van der Waals surface area contributed by atoms with Crippen molar-refractivity contribution in [1.29, 1.82) is 0 Å². The second kappa shape index (κ2) is 5.85. The third-order valence-electron chi connectivity index (χ3n) is 3.62. The van der Waals surface area contributed by atoms with E-state index in [4.69, 9.17) is 11.6 Å². The maximum absolute atomic E-state index is 13.7. The Kier molecular flexibility index (Phi) is 3.88. The van der Waals surface area contributed by atoms with E-state index in [0.29, 0.717) is 16.3 Å². The van der Waals surface area contributed by atoms with Gasteiger partial charge in [0.15, 0.2) is 0 Å². The number of hydrogen-bond acceptors (Lipinski definition) is 2. The van der Waals surface area contributed by atoms with Gasteiger partial charge in [-0.1, -0.05) is 23.7 Å². The zero-order valence-corrected chi connectivity index (χ0v) is 12.9. The van der Waals surface area contributed by atoms with Gasteiger partial charge in [0, 0.05) is 22.3 Å². The minimum absolute atomic E-state index is 0.0768. The van der Waals surface area contributed by atoms with Crippen LogP contribution in [0.4, 0.5) is 10.1 Å². The number of halogens is 2. The normalized spacial score (nSPS) is 10.7. The predicted molar refractivity (Wildman–Crippen MR) is 88.7 cm³/mol. The van der Waals surface area contributed by atoms with Crippen molar-refractivity contribution in [2.45, 2.75) is 6.92 Å². The predicted octanol–water partition coefficient (Wildman–Crippen LogP) is 3.88. The van der Waals surface area contributed by atoms with E-state index >= 15 is 0 Å². The van der Waals surface area contributed by atoms with Gasteiger partial charge < -0.3 is 10.3 Å². The molecule has 23 heavy (non-hydrogen) atoms. The van der Waals surface area contributed by atoms with Crippen LogP contribution in [0, 0.1) is 12.7 Å². The lowest BCUT2D eigenvalue weighted by Gasteiger charge is -2.09. The summed E-state index contributed by atoms with van der Waals surface area (Å²) in [7, 11) is 0. The molecule has 0 atom stereocenters. The summed E-state index contributed by atoms with van der Waals surface area (Å²) in [5.74, 6) is -1.12. The van der Waals surface area contributed by atoms with Crippen LogP contribution in [0.5, 0.6) is 0 Å². The molecule has 3 aromatic rings. The molecule has 1 amide bonds. The summed E-state index contributed by atoms with van der Waals surface area (Å²) in [4.78, 5) is 27.4. The Hall–Kier alpha value is -2.66. The van der Waals surface area contributed by atoms with Crippen molar-refractivity contribution in [2.75, 3.05) is 5.32 Å². The Morgan fingerprint density at radius 1 is 1.22 bits per heavy atom. The van der Waals surface area contributed by atoms with Crippen LogP contribution < -0.4 is 10.7 Å². The third-order valence-corrected chi connectivity index (χ3v) is 4.03. The number of hydrogen-bond donors (Lipinski definition) is 2. The lowest BCUT2D eigenvalue weighted by atomic mass is 10.1. The number of nitrogens with one attached hydrogen (secondary N) is 2. The van der Waals surface area contributed by atoms with Crippen LogP contribution in [-0.2, 0) is 0 Å². The first kappa shape index (κ1) is 15.2. The molecular weight excluding hydrogens is 319 g/mol. The minimum Gasteiger partial charge on any atom is -0.358 e. The molecule has 0 aliphatic heterocycles. The number of anilines is 1. The van der Waals surface area contributed by atoms with Gasteiger partial charge in [-0.25, -0.2) is 4.39 Å². The van der Waals surface area contributed by atoms with Gasteiger partial charge in [-0.3, -0.25) is 9.59 Å². The Morgan fingerprint density at radius 2 is 1.96 bits per heavy atom. The Bertz CT molecular complexity index is 982. The summed E-state index contributed by atoms with van der Waals surface area (Å²) in [5.41, 5.74) is 0.665. The van der Waals surface area contributed by atoms with E-state index in [1.165, 1.54) is 24.4 Å². The average Bonchev–Trinajstić information content (AvgIpc) is 2.53. The molecule has 2 aromatic carbocycles. The number of carbonyl (C=O) groups is 1. The molecule has 0 fully saturated rings. The summed E-state index contributed by atoms with van der Waals surface area (Å²) in [5, 5.41) is 3.29. The minimum atomic E-state index is -0.581. The van der Waals surface area contributed by atoms with Crippen LogP contribution in [0.2, 0.25) is 5.02 Å². The number of benzene rings is 2. The molecule has 0 bridgehead atoms. The molecule has 3 rings (SSSR count). The highest BCUT2D eigenvalue weighted by atomic mass is 35.5. The molecule has 1 aromatic heterocycles. The third kappa shape index (κ3) is 2.71. The molecule has 116 valence electrons. The van der Waals surface area contributed by atoms with Crippen LogP contribution in [-0.4, -0.2) is 10.9 Å². The first-order valence-corrected chi connectivity index (χ1v) is 7.23. The fraction of sp³-hybridized carbons (Fsp3) is 0.0588. The van der Waals surface area contributed by atoms with Crippen molar-refractivity contribution >= 4 is 34.1 Å². The van der Waals surface area contributed by atoms with Crippen molar-refractivity contribution < 1.29 is 9.18 Å². The molecule has 0 aliphatic carbocycles. The van der Waals surface area contributed by atoms with Crippen molar-refractivity contribution in [3.63, 3.8) is 0 Å². The molecular formula is C17H12ClFN2O2. The quantitative estimate of drug-likeness (QED) is 0.749. The summed E-state index contributed by atoms with van der Waals surface area (Å²) in [6, 6.07) is 9.23. The number of aromatic nitrogens is 1. The van der Waals surface area contributed by atoms with E-state index in [0.717, 1.165) is 0 Å². The largest absolute Gasteiger partial charge is 0.358 e. The second-order valence-electron chi connectivity index (χ2n) is 5.06. The van der Waals surface area contributed by atoms with Crippen LogP contribution >= 0.6 is 11.6 Å². The lowest BCUT2D eigenvalue weighted by Crippen LogP contribution is -2.22. The molecule has 0 unspecified atom stereocenters. The average molecular weight is 331 g/mol. The standard InChI is InChI=1S/C17H12ClFN2O2/c1-9-12(18)5-3-7-14(9)21-17(23)11-8-20-15-10(16(11)22)4-2-6-13(15)19/h2-8H,1H3,(H,20,22)(H,21,23). The molecule has 0 saturated heterocycles. The van der Waals surface area contributed by atoms with Crippen molar-refractivity contribution in [2.24, 2.45) is 0 Å². The van der Waals surface area contributed by atoms with Gasteiger partial charge in [0.05, 0.1) is 5.52 Å². The SMILES string of the molecule is Cc1c(Cl)cccc1NC(=O)c1c[nH]c2c(F)cccc2c1=O. The Balaban J connectivity index is 2.03. The van der Waals surface area contributed by atoms with E-state index in [2.05, 4.69) is 10.3 Å². The Labute approximate surface area is 135 Å². The highest BCUT2D eigenvalue weighted by molar-refractivity contribution is 6.31. The number of amides is 1. The smallest absolute Gasteiger partial charge is 0.261 e. The lowest BCUT2D eigenvalue weighted by molar-refractivity contribution is 0.102. The maximum atomic E-state index is 13.7. The van der Waals surface area contributed by atoms with Gasteiger partial charge in [0.2, 0.25) is 5.43 Å². The van der Waals surface area contributed by atoms with E-state index in [1.807, 2.05) is 0 Å². The van der Waals surface area contributed by atoms with E-state index in [1.54, 1.807) is 25.1 Å². The number of carbonyl (C=O) groups excluding carboxylic acids is 1. The summed E-state index contributed by atoms with van der Waals surface area (Å²) < 4.78 is 13.7. The van der Waals surface area contributed by atoms with Crippen molar-refractivity contribution in [1.82, 2.24) is 4.98 Å². The number of fused-ring (bicyclic) bond motifs is 1. The monoisotopic (exact) mass is 330 g/mol. The molecule has 0 aliphatic rings. The van der Waals surface area contributed by atoms with Gasteiger partial charge in [-0.15, -0.1) is 0 Å². The number of rotatable bonds is 2. The highest BCUT2D eigenvalue weighted by Crippen LogP contribution is 2.23. The van der Waals surface area contributed by atoms with Gasteiger partial charge in [-0.2, -0.15) is 0 Å². The van der Waals surface area contributed by atoms with Crippen LogP contribution in [0.1, 0.15) is 15.9 Å². The van der Waals surface area contributed by atoms with E-state index in [9.17, 15) is 14.0 Å². The molecule has 2 N–H and O–H groups in total. The van der Waals surface area contributed by atoms with E-state index in [-0.39, 0.29) is 16.5 Å². The van der Waals surface area contributed by atoms with Crippen LogP contribution in [0.15, 0.2) is 47.4 Å². The fourth-order valence-electron chi connectivity index (χ4n) is 2.32.